The highest BCUT2D eigenvalue weighted by atomic mass is 32.1. The monoisotopic (exact) mass is 271 g/mol. The first-order valence-electron chi connectivity index (χ1n) is 6.31. The van der Waals surface area contributed by atoms with Crippen molar-refractivity contribution >= 4 is 11.3 Å². The SMILES string of the molecule is CCc1cccc(OCc2ccc(C#CCN)s2)c1. The minimum absolute atomic E-state index is 0.396. The molecule has 1 heterocycles. The Kier molecular flexibility index (Phi) is 5.02. The summed E-state index contributed by atoms with van der Waals surface area (Å²) in [5.74, 6) is 6.80. The fourth-order valence-electron chi connectivity index (χ4n) is 1.67. The van der Waals surface area contributed by atoms with E-state index in [1.165, 1.54) is 10.4 Å². The molecule has 2 aromatic rings. The van der Waals surface area contributed by atoms with Gasteiger partial charge in [0, 0.05) is 4.88 Å². The molecule has 2 rings (SSSR count). The molecule has 0 aliphatic carbocycles. The first kappa shape index (κ1) is 13.7. The molecule has 0 saturated carbocycles. The number of rotatable bonds is 4. The van der Waals surface area contributed by atoms with E-state index in [0.717, 1.165) is 17.0 Å². The highest BCUT2D eigenvalue weighted by molar-refractivity contribution is 7.12. The number of ether oxygens (including phenoxy) is 1. The third kappa shape index (κ3) is 4.13. The van der Waals surface area contributed by atoms with Gasteiger partial charge < -0.3 is 10.5 Å². The van der Waals surface area contributed by atoms with E-state index in [2.05, 4.69) is 37.0 Å². The summed E-state index contributed by atoms with van der Waals surface area (Å²) in [5, 5.41) is 0. The van der Waals surface area contributed by atoms with E-state index in [9.17, 15) is 0 Å². The van der Waals surface area contributed by atoms with Gasteiger partial charge in [0.25, 0.3) is 0 Å². The second-order valence-electron chi connectivity index (χ2n) is 4.06. The maximum Gasteiger partial charge on any atom is 0.122 e. The van der Waals surface area contributed by atoms with Crippen LogP contribution in [0, 0.1) is 11.8 Å². The van der Waals surface area contributed by atoms with Crippen molar-refractivity contribution in [3.63, 3.8) is 0 Å². The van der Waals surface area contributed by atoms with Crippen molar-refractivity contribution in [1.29, 1.82) is 0 Å². The number of thiophene rings is 1. The summed E-state index contributed by atoms with van der Waals surface area (Å²) < 4.78 is 5.79. The van der Waals surface area contributed by atoms with E-state index in [0.29, 0.717) is 13.2 Å². The van der Waals surface area contributed by atoms with Gasteiger partial charge >= 0.3 is 0 Å². The molecule has 0 amide bonds. The molecule has 98 valence electrons. The molecule has 3 heteroatoms. The van der Waals surface area contributed by atoms with E-state index in [1.807, 2.05) is 18.2 Å². The van der Waals surface area contributed by atoms with E-state index >= 15 is 0 Å². The Morgan fingerprint density at radius 2 is 2.16 bits per heavy atom. The van der Waals surface area contributed by atoms with Crippen LogP contribution in [0.2, 0.25) is 0 Å². The summed E-state index contributed by atoms with van der Waals surface area (Å²) in [6.07, 6.45) is 1.02. The van der Waals surface area contributed by atoms with Crippen LogP contribution in [-0.4, -0.2) is 6.54 Å². The van der Waals surface area contributed by atoms with Gasteiger partial charge in [0.2, 0.25) is 0 Å². The van der Waals surface area contributed by atoms with Crippen LogP contribution in [0.4, 0.5) is 0 Å². The lowest BCUT2D eigenvalue weighted by molar-refractivity contribution is 0.309. The van der Waals surface area contributed by atoms with Crippen LogP contribution in [0.1, 0.15) is 22.2 Å². The molecule has 0 aliphatic heterocycles. The van der Waals surface area contributed by atoms with E-state index in [1.54, 1.807) is 11.3 Å². The lowest BCUT2D eigenvalue weighted by atomic mass is 10.2. The van der Waals surface area contributed by atoms with Crippen LogP contribution in [-0.2, 0) is 13.0 Å². The zero-order chi connectivity index (χ0) is 13.5. The summed E-state index contributed by atoms with van der Waals surface area (Å²) >= 11 is 1.65. The smallest absolute Gasteiger partial charge is 0.122 e. The topological polar surface area (TPSA) is 35.2 Å². The first-order valence-corrected chi connectivity index (χ1v) is 7.13. The summed E-state index contributed by atoms with van der Waals surface area (Å²) in [6, 6.07) is 12.3. The van der Waals surface area contributed by atoms with Gasteiger partial charge in [0.05, 0.1) is 11.4 Å². The average molecular weight is 271 g/mol. The predicted molar refractivity (Wildman–Crippen MR) is 80.4 cm³/mol. The molecule has 2 nitrogen and oxygen atoms in total. The van der Waals surface area contributed by atoms with Crippen molar-refractivity contribution in [2.75, 3.05) is 6.54 Å². The summed E-state index contributed by atoms with van der Waals surface area (Å²) in [4.78, 5) is 2.20. The van der Waals surface area contributed by atoms with Crippen LogP contribution in [0.25, 0.3) is 0 Å². The fraction of sp³-hybridized carbons (Fsp3) is 0.250. The zero-order valence-corrected chi connectivity index (χ0v) is 11.8. The van der Waals surface area contributed by atoms with Crippen LogP contribution in [0.3, 0.4) is 0 Å². The van der Waals surface area contributed by atoms with Gasteiger partial charge in [-0.25, -0.2) is 0 Å². The van der Waals surface area contributed by atoms with Gasteiger partial charge in [-0.2, -0.15) is 0 Å². The second-order valence-corrected chi connectivity index (χ2v) is 5.23. The molecule has 0 radical (unpaired) electrons. The molecule has 1 aromatic heterocycles. The standard InChI is InChI=1S/C16H17NOS/c1-2-13-5-3-6-14(11-13)18-12-16-9-8-15(19-16)7-4-10-17/h3,5-6,8-9,11H,2,10,12,17H2,1H3. The fourth-order valence-corrected chi connectivity index (χ4v) is 2.47. The second kappa shape index (κ2) is 6.98. The molecule has 0 spiro atoms. The van der Waals surface area contributed by atoms with Gasteiger partial charge in [-0.1, -0.05) is 30.9 Å². The Labute approximate surface area is 118 Å². The van der Waals surface area contributed by atoms with Crippen LogP contribution >= 0.6 is 11.3 Å². The van der Waals surface area contributed by atoms with E-state index < -0.39 is 0 Å². The Hall–Kier alpha value is -1.76. The Balaban J connectivity index is 1.96. The molecule has 2 N–H and O–H groups in total. The summed E-state index contributed by atoms with van der Waals surface area (Å²) in [6.45, 7) is 3.12. The zero-order valence-electron chi connectivity index (χ0n) is 11.0. The van der Waals surface area contributed by atoms with E-state index in [-0.39, 0.29) is 0 Å². The molecule has 0 atom stereocenters. The molecule has 0 fully saturated rings. The highest BCUT2D eigenvalue weighted by Gasteiger charge is 2.00. The third-order valence-electron chi connectivity index (χ3n) is 2.66. The number of benzene rings is 1. The largest absolute Gasteiger partial charge is 0.488 e. The number of hydrogen-bond acceptors (Lipinski definition) is 3. The number of nitrogens with two attached hydrogens (primary N) is 1. The summed E-state index contributed by atoms with van der Waals surface area (Å²) in [7, 11) is 0. The highest BCUT2D eigenvalue weighted by Crippen LogP contribution is 2.19. The van der Waals surface area contributed by atoms with Gasteiger partial charge in [-0.3, -0.25) is 0 Å². The molecule has 0 saturated heterocycles. The average Bonchev–Trinajstić information content (AvgIpc) is 2.91. The van der Waals surface area contributed by atoms with Crippen LogP contribution < -0.4 is 10.5 Å². The van der Waals surface area contributed by atoms with Gasteiger partial charge in [-0.05, 0) is 36.2 Å². The van der Waals surface area contributed by atoms with Gasteiger partial charge in [0.15, 0.2) is 0 Å². The minimum Gasteiger partial charge on any atom is -0.488 e. The van der Waals surface area contributed by atoms with E-state index in [4.69, 9.17) is 10.5 Å². The minimum atomic E-state index is 0.396. The first-order chi connectivity index (χ1) is 9.31. The maximum absolute atomic E-state index is 5.79. The quantitative estimate of drug-likeness (QED) is 0.867. The Bertz CT molecular complexity index is 592. The Morgan fingerprint density at radius 3 is 2.95 bits per heavy atom. The van der Waals surface area contributed by atoms with Crippen molar-refractivity contribution in [3.8, 4) is 17.6 Å². The van der Waals surface area contributed by atoms with Crippen molar-refractivity contribution in [2.45, 2.75) is 20.0 Å². The number of hydrogen-bond donors (Lipinski definition) is 1. The molecular formula is C16H17NOS. The summed E-state index contributed by atoms with van der Waals surface area (Å²) in [5.41, 5.74) is 6.64. The van der Waals surface area contributed by atoms with Crippen molar-refractivity contribution < 1.29 is 4.74 Å². The van der Waals surface area contributed by atoms with Gasteiger partial charge in [-0.15, -0.1) is 11.3 Å². The van der Waals surface area contributed by atoms with Crippen molar-refractivity contribution in [3.05, 3.63) is 51.7 Å². The van der Waals surface area contributed by atoms with Gasteiger partial charge in [0.1, 0.15) is 12.4 Å². The predicted octanol–water partition coefficient (Wildman–Crippen LogP) is 3.20. The van der Waals surface area contributed by atoms with Crippen molar-refractivity contribution in [1.82, 2.24) is 0 Å². The lowest BCUT2D eigenvalue weighted by Crippen LogP contribution is -1.93. The molecule has 1 aromatic carbocycles. The maximum atomic E-state index is 5.79. The Morgan fingerprint density at radius 1 is 1.26 bits per heavy atom. The normalized spacial score (nSPS) is 9.79. The molecule has 0 bridgehead atoms. The third-order valence-corrected chi connectivity index (χ3v) is 3.64. The molecule has 0 aliphatic rings. The number of aryl methyl sites for hydroxylation is 1. The van der Waals surface area contributed by atoms with Crippen molar-refractivity contribution in [2.24, 2.45) is 5.73 Å². The molecule has 19 heavy (non-hydrogen) atoms. The molecule has 0 unspecified atom stereocenters. The molecular weight excluding hydrogens is 254 g/mol. The van der Waals surface area contributed by atoms with Crippen LogP contribution in [0.15, 0.2) is 36.4 Å². The lowest BCUT2D eigenvalue weighted by Gasteiger charge is -2.05. The van der Waals surface area contributed by atoms with Crippen LogP contribution in [0.5, 0.6) is 5.75 Å².